The molecule has 0 saturated heterocycles. The highest BCUT2D eigenvalue weighted by Gasteiger charge is 2.35. The van der Waals surface area contributed by atoms with Crippen LogP contribution in [0.4, 0.5) is 11.4 Å². The smallest absolute Gasteiger partial charge is 0.214 e. The zero-order valence-corrected chi connectivity index (χ0v) is 15.6. The molecule has 0 saturated carbocycles. The lowest BCUT2D eigenvalue weighted by atomic mass is 10.1. The Hall–Kier alpha value is -2.89. The third kappa shape index (κ3) is 3.05. The fraction of sp³-hybridized carbons (Fsp3) is 0. The van der Waals surface area contributed by atoms with Crippen molar-refractivity contribution in [3.05, 3.63) is 101 Å². The molecule has 0 aliphatic carbocycles. The minimum Gasteiger partial charge on any atom is -0.314 e. The Morgan fingerprint density at radius 3 is 2.15 bits per heavy atom. The van der Waals surface area contributed by atoms with Crippen LogP contribution in [0, 0.1) is 0 Å². The zero-order valence-electron chi connectivity index (χ0n) is 14.0. The SMILES string of the molecule is O=C(C1=CN(c2ccc(Cl)cc2)c2ccccc2S1(=O)=O)c1ccccc1. The largest absolute Gasteiger partial charge is 0.314 e. The van der Waals surface area contributed by atoms with E-state index in [2.05, 4.69) is 0 Å². The van der Waals surface area contributed by atoms with Gasteiger partial charge in [-0.1, -0.05) is 54.1 Å². The van der Waals surface area contributed by atoms with Crippen LogP contribution in [-0.2, 0) is 9.84 Å². The fourth-order valence-electron chi connectivity index (χ4n) is 2.99. The van der Waals surface area contributed by atoms with Gasteiger partial charge in [-0.3, -0.25) is 4.79 Å². The molecular weight excluding hydrogens is 382 g/mol. The number of benzene rings is 3. The molecule has 27 heavy (non-hydrogen) atoms. The van der Waals surface area contributed by atoms with Gasteiger partial charge >= 0.3 is 0 Å². The van der Waals surface area contributed by atoms with E-state index in [9.17, 15) is 13.2 Å². The van der Waals surface area contributed by atoms with Crippen molar-refractivity contribution in [1.82, 2.24) is 0 Å². The number of ketones is 1. The average molecular weight is 396 g/mol. The molecule has 1 aliphatic heterocycles. The normalized spacial score (nSPS) is 15.0. The number of allylic oxidation sites excluding steroid dienone is 1. The van der Waals surface area contributed by atoms with Gasteiger partial charge in [0.15, 0.2) is 0 Å². The monoisotopic (exact) mass is 395 g/mol. The Labute approximate surface area is 162 Å². The summed E-state index contributed by atoms with van der Waals surface area (Å²) in [5.74, 6) is -0.538. The van der Waals surface area contributed by atoms with Gasteiger partial charge in [0.2, 0.25) is 15.6 Å². The Morgan fingerprint density at radius 1 is 0.815 bits per heavy atom. The molecule has 0 fully saturated rings. The van der Waals surface area contributed by atoms with E-state index >= 15 is 0 Å². The highest BCUT2D eigenvalue weighted by molar-refractivity contribution is 7.96. The molecule has 0 amide bonds. The van der Waals surface area contributed by atoms with Crippen LogP contribution in [0.15, 0.2) is 94.9 Å². The molecule has 0 spiro atoms. The van der Waals surface area contributed by atoms with Gasteiger partial charge in [-0.25, -0.2) is 8.42 Å². The van der Waals surface area contributed by atoms with Crippen LogP contribution in [0.25, 0.3) is 0 Å². The molecule has 0 bridgehead atoms. The number of Topliss-reactive ketones (excluding diaryl/α,β-unsaturated/α-hetero) is 1. The number of carbonyl (C=O) groups is 1. The first-order chi connectivity index (χ1) is 13.0. The predicted octanol–water partition coefficient (Wildman–Crippen LogP) is 4.99. The first-order valence-corrected chi connectivity index (χ1v) is 10.0. The van der Waals surface area contributed by atoms with E-state index in [1.165, 1.54) is 12.3 Å². The van der Waals surface area contributed by atoms with Crippen molar-refractivity contribution in [2.75, 3.05) is 4.90 Å². The maximum Gasteiger partial charge on any atom is 0.214 e. The molecule has 3 aromatic carbocycles. The molecule has 4 rings (SSSR count). The topological polar surface area (TPSA) is 54.5 Å². The maximum atomic E-state index is 13.1. The van der Waals surface area contributed by atoms with E-state index in [1.807, 2.05) is 0 Å². The summed E-state index contributed by atoms with van der Waals surface area (Å²) in [6.07, 6.45) is 1.39. The lowest BCUT2D eigenvalue weighted by Gasteiger charge is -2.28. The third-order valence-corrected chi connectivity index (χ3v) is 6.36. The third-order valence-electron chi connectivity index (χ3n) is 4.31. The van der Waals surface area contributed by atoms with Crippen LogP contribution in [0.2, 0.25) is 5.02 Å². The van der Waals surface area contributed by atoms with Gasteiger partial charge in [0, 0.05) is 22.5 Å². The van der Waals surface area contributed by atoms with Crippen LogP contribution >= 0.6 is 11.6 Å². The number of hydrogen-bond acceptors (Lipinski definition) is 4. The molecule has 1 aliphatic rings. The van der Waals surface area contributed by atoms with Gasteiger partial charge in [0.1, 0.15) is 4.91 Å². The Morgan fingerprint density at radius 2 is 1.44 bits per heavy atom. The van der Waals surface area contributed by atoms with Gasteiger partial charge in [-0.05, 0) is 36.4 Å². The number of halogens is 1. The number of para-hydroxylation sites is 1. The second kappa shape index (κ2) is 6.68. The molecule has 6 heteroatoms. The van der Waals surface area contributed by atoms with Gasteiger partial charge in [0.05, 0.1) is 10.6 Å². The van der Waals surface area contributed by atoms with E-state index < -0.39 is 15.6 Å². The minimum absolute atomic E-state index is 0.0988. The summed E-state index contributed by atoms with van der Waals surface area (Å²) < 4.78 is 26.2. The predicted molar refractivity (Wildman–Crippen MR) is 106 cm³/mol. The second-order valence-electron chi connectivity index (χ2n) is 6.01. The summed E-state index contributed by atoms with van der Waals surface area (Å²) in [5, 5.41) is 0.571. The lowest BCUT2D eigenvalue weighted by Crippen LogP contribution is -2.25. The van der Waals surface area contributed by atoms with E-state index in [1.54, 1.807) is 77.7 Å². The molecule has 4 nitrogen and oxygen atoms in total. The van der Waals surface area contributed by atoms with Gasteiger partial charge in [-0.15, -0.1) is 0 Å². The summed E-state index contributed by atoms with van der Waals surface area (Å²) >= 11 is 5.97. The van der Waals surface area contributed by atoms with E-state index in [0.29, 0.717) is 22.0 Å². The highest BCUT2D eigenvalue weighted by atomic mass is 35.5. The standard InChI is InChI=1S/C21H14ClNO3S/c22-16-10-12-17(13-11-16)23-14-20(21(24)15-6-2-1-3-7-15)27(25,26)19-9-5-4-8-18(19)23/h1-14H. The molecular formula is C21H14ClNO3S. The van der Waals surface area contributed by atoms with Gasteiger partial charge < -0.3 is 4.90 Å². The molecule has 1 heterocycles. The zero-order chi connectivity index (χ0) is 19.0. The minimum atomic E-state index is -3.94. The number of nitrogens with zero attached hydrogens (tertiary/aromatic N) is 1. The van der Waals surface area contributed by atoms with Crippen molar-refractivity contribution >= 4 is 38.6 Å². The van der Waals surface area contributed by atoms with Crippen LogP contribution in [0.3, 0.4) is 0 Å². The maximum absolute atomic E-state index is 13.1. The number of sulfone groups is 1. The molecule has 0 atom stereocenters. The molecule has 3 aromatic rings. The second-order valence-corrected chi connectivity index (χ2v) is 8.33. The highest BCUT2D eigenvalue weighted by Crippen LogP contribution is 2.40. The molecule has 0 aromatic heterocycles. The van der Waals surface area contributed by atoms with Gasteiger partial charge in [-0.2, -0.15) is 0 Å². The van der Waals surface area contributed by atoms with Crippen molar-refractivity contribution in [3.8, 4) is 0 Å². The molecule has 0 unspecified atom stereocenters. The molecule has 0 N–H and O–H groups in total. The van der Waals surface area contributed by atoms with E-state index in [-0.39, 0.29) is 9.80 Å². The van der Waals surface area contributed by atoms with Crippen LogP contribution in [-0.4, -0.2) is 14.2 Å². The quantitative estimate of drug-likeness (QED) is 0.586. The van der Waals surface area contributed by atoms with Gasteiger partial charge in [0.25, 0.3) is 0 Å². The molecule has 0 radical (unpaired) electrons. The van der Waals surface area contributed by atoms with Crippen LogP contribution in [0.1, 0.15) is 10.4 Å². The average Bonchev–Trinajstić information content (AvgIpc) is 2.69. The summed E-state index contributed by atoms with van der Waals surface area (Å²) in [7, 11) is -3.94. The summed E-state index contributed by atoms with van der Waals surface area (Å²) in [6.45, 7) is 0. The van der Waals surface area contributed by atoms with Crippen molar-refractivity contribution in [2.45, 2.75) is 4.90 Å². The van der Waals surface area contributed by atoms with Crippen molar-refractivity contribution in [3.63, 3.8) is 0 Å². The number of hydrogen-bond donors (Lipinski definition) is 0. The van der Waals surface area contributed by atoms with Crippen LogP contribution in [0.5, 0.6) is 0 Å². The first-order valence-electron chi connectivity index (χ1n) is 8.19. The first kappa shape index (κ1) is 17.5. The number of fused-ring (bicyclic) bond motifs is 1. The van der Waals surface area contributed by atoms with Crippen molar-refractivity contribution < 1.29 is 13.2 Å². The summed E-state index contributed by atoms with van der Waals surface area (Å²) in [6, 6.07) is 22.0. The Balaban J connectivity index is 1.93. The Kier molecular flexibility index (Phi) is 4.34. The summed E-state index contributed by atoms with van der Waals surface area (Å²) in [5.41, 5.74) is 1.52. The summed E-state index contributed by atoms with van der Waals surface area (Å²) in [4.78, 5) is 14.5. The van der Waals surface area contributed by atoms with Crippen molar-refractivity contribution in [1.29, 1.82) is 0 Å². The van der Waals surface area contributed by atoms with Crippen LogP contribution < -0.4 is 4.90 Å². The number of carbonyl (C=O) groups excluding carboxylic acids is 1. The van der Waals surface area contributed by atoms with E-state index in [4.69, 9.17) is 11.6 Å². The molecule has 134 valence electrons. The number of anilines is 2. The van der Waals surface area contributed by atoms with Crippen molar-refractivity contribution in [2.24, 2.45) is 0 Å². The number of rotatable bonds is 3. The fourth-order valence-corrected chi connectivity index (χ4v) is 4.65. The lowest BCUT2D eigenvalue weighted by molar-refractivity contribution is 0.104. The Bertz CT molecular complexity index is 1150. The van der Waals surface area contributed by atoms with E-state index in [0.717, 1.165) is 0 Å².